The molecule has 0 atom stereocenters. The summed E-state index contributed by atoms with van der Waals surface area (Å²) in [6.45, 7) is 1.01. The standard InChI is InChI=1S/C21H16ClF3N4O3/c22-15-6-3-13(18(9-15)29(31)32)10-28-8-7-17-16(11-28)20(30)27-19(26-17)12-1-4-14(5-2-12)21(23,24)25/h1-6,9H,7-8,10-11H2,(H,26,27,30). The minimum absolute atomic E-state index is 0.0898. The normalized spacial score (nSPS) is 14.2. The van der Waals surface area contributed by atoms with E-state index in [9.17, 15) is 28.1 Å². The Bertz CT molecular complexity index is 1240. The SMILES string of the molecule is O=c1[nH]c(-c2ccc(C(F)(F)F)cc2)nc2c1CN(Cc1ccc(Cl)cc1[N+](=O)[O-])CC2. The number of H-pyrrole nitrogens is 1. The molecule has 1 N–H and O–H groups in total. The predicted octanol–water partition coefficient (Wildman–Crippen LogP) is 4.58. The van der Waals surface area contributed by atoms with Gasteiger partial charge in [0.25, 0.3) is 11.2 Å². The highest BCUT2D eigenvalue weighted by Crippen LogP contribution is 2.31. The van der Waals surface area contributed by atoms with Gasteiger partial charge in [0.1, 0.15) is 5.82 Å². The van der Waals surface area contributed by atoms with Gasteiger partial charge in [-0.25, -0.2) is 4.98 Å². The van der Waals surface area contributed by atoms with Gasteiger partial charge in [0.15, 0.2) is 0 Å². The van der Waals surface area contributed by atoms with Crippen molar-refractivity contribution in [3.05, 3.63) is 90.3 Å². The second-order valence-corrected chi connectivity index (χ2v) is 7.84. The number of halogens is 4. The number of hydrogen-bond acceptors (Lipinski definition) is 5. The number of alkyl halides is 3. The van der Waals surface area contributed by atoms with Crippen LogP contribution in [0.5, 0.6) is 0 Å². The number of benzene rings is 2. The zero-order chi connectivity index (χ0) is 23.0. The van der Waals surface area contributed by atoms with E-state index >= 15 is 0 Å². The number of nitrogens with zero attached hydrogens (tertiary/aromatic N) is 3. The van der Waals surface area contributed by atoms with Crippen molar-refractivity contribution < 1.29 is 18.1 Å². The van der Waals surface area contributed by atoms with E-state index < -0.39 is 16.7 Å². The molecule has 0 unspecified atom stereocenters. The Hall–Kier alpha value is -3.24. The number of fused-ring (bicyclic) bond motifs is 1. The molecule has 3 aromatic rings. The Morgan fingerprint density at radius 1 is 1.19 bits per heavy atom. The second-order valence-electron chi connectivity index (χ2n) is 7.41. The monoisotopic (exact) mass is 464 g/mol. The summed E-state index contributed by atoms with van der Waals surface area (Å²) in [4.78, 5) is 32.5. The third-order valence-electron chi connectivity index (χ3n) is 5.27. The van der Waals surface area contributed by atoms with Crippen LogP contribution in [0.3, 0.4) is 0 Å². The number of aromatic nitrogens is 2. The average molecular weight is 465 g/mol. The summed E-state index contributed by atoms with van der Waals surface area (Å²) >= 11 is 5.86. The maximum atomic E-state index is 12.8. The number of nitro benzene ring substituents is 1. The lowest BCUT2D eigenvalue weighted by molar-refractivity contribution is -0.385. The van der Waals surface area contributed by atoms with Crippen molar-refractivity contribution in [3.63, 3.8) is 0 Å². The van der Waals surface area contributed by atoms with Crippen LogP contribution in [0.1, 0.15) is 22.4 Å². The molecule has 0 spiro atoms. The van der Waals surface area contributed by atoms with Crippen molar-refractivity contribution in [2.45, 2.75) is 25.7 Å². The summed E-state index contributed by atoms with van der Waals surface area (Å²) < 4.78 is 38.3. The lowest BCUT2D eigenvalue weighted by atomic mass is 10.0. The first-order chi connectivity index (χ1) is 15.1. The van der Waals surface area contributed by atoms with E-state index in [2.05, 4.69) is 9.97 Å². The number of rotatable bonds is 4. The van der Waals surface area contributed by atoms with Gasteiger partial charge >= 0.3 is 6.18 Å². The maximum Gasteiger partial charge on any atom is 0.416 e. The van der Waals surface area contributed by atoms with Crippen LogP contribution in [0.15, 0.2) is 47.3 Å². The Balaban J connectivity index is 1.57. The minimum Gasteiger partial charge on any atom is -0.306 e. The largest absolute Gasteiger partial charge is 0.416 e. The van der Waals surface area contributed by atoms with Crippen LogP contribution in [0.4, 0.5) is 18.9 Å². The predicted molar refractivity (Wildman–Crippen MR) is 111 cm³/mol. The third kappa shape index (κ3) is 4.51. The first kappa shape index (κ1) is 22.0. The molecule has 0 bridgehead atoms. The van der Waals surface area contributed by atoms with Crippen molar-refractivity contribution in [2.24, 2.45) is 0 Å². The maximum absolute atomic E-state index is 12.8. The van der Waals surface area contributed by atoms with Crippen LogP contribution in [0, 0.1) is 10.1 Å². The topological polar surface area (TPSA) is 92.1 Å². The Labute approximate surface area is 184 Å². The average Bonchev–Trinajstić information content (AvgIpc) is 2.74. The number of nitrogens with one attached hydrogen (secondary N) is 1. The molecule has 166 valence electrons. The zero-order valence-corrected chi connectivity index (χ0v) is 17.2. The van der Waals surface area contributed by atoms with Gasteiger partial charge in [-0.15, -0.1) is 0 Å². The van der Waals surface area contributed by atoms with Gasteiger partial charge < -0.3 is 4.98 Å². The van der Waals surface area contributed by atoms with Crippen molar-refractivity contribution in [1.82, 2.24) is 14.9 Å². The fraction of sp³-hybridized carbons (Fsp3) is 0.238. The van der Waals surface area contributed by atoms with Crippen LogP contribution in [0.2, 0.25) is 5.02 Å². The molecular formula is C21H16ClF3N4O3. The van der Waals surface area contributed by atoms with E-state index in [4.69, 9.17) is 11.6 Å². The highest BCUT2D eigenvalue weighted by molar-refractivity contribution is 6.30. The molecule has 7 nitrogen and oxygen atoms in total. The Kier molecular flexibility index (Phi) is 5.74. The number of hydrogen-bond donors (Lipinski definition) is 1. The molecule has 0 saturated carbocycles. The zero-order valence-electron chi connectivity index (χ0n) is 16.4. The second kappa shape index (κ2) is 8.36. The van der Waals surface area contributed by atoms with Gasteiger partial charge in [-0.2, -0.15) is 13.2 Å². The minimum atomic E-state index is -4.45. The summed E-state index contributed by atoms with van der Waals surface area (Å²) in [6, 6.07) is 8.87. The highest BCUT2D eigenvalue weighted by atomic mass is 35.5. The van der Waals surface area contributed by atoms with Crippen molar-refractivity contribution in [2.75, 3.05) is 6.54 Å². The van der Waals surface area contributed by atoms with Crippen LogP contribution in [-0.4, -0.2) is 26.3 Å². The van der Waals surface area contributed by atoms with E-state index in [1.807, 2.05) is 4.90 Å². The molecule has 0 fully saturated rings. The lowest BCUT2D eigenvalue weighted by Crippen LogP contribution is -2.35. The smallest absolute Gasteiger partial charge is 0.306 e. The van der Waals surface area contributed by atoms with E-state index in [-0.39, 0.29) is 35.2 Å². The Morgan fingerprint density at radius 2 is 1.91 bits per heavy atom. The van der Waals surface area contributed by atoms with Gasteiger partial charge in [-0.1, -0.05) is 23.7 Å². The lowest BCUT2D eigenvalue weighted by Gasteiger charge is -2.27. The van der Waals surface area contributed by atoms with Crippen LogP contribution in [0.25, 0.3) is 11.4 Å². The summed E-state index contributed by atoms with van der Waals surface area (Å²) in [7, 11) is 0. The summed E-state index contributed by atoms with van der Waals surface area (Å²) in [5, 5.41) is 11.6. The van der Waals surface area contributed by atoms with E-state index in [1.165, 1.54) is 18.2 Å². The van der Waals surface area contributed by atoms with Gasteiger partial charge in [-0.05, 0) is 24.3 Å². The van der Waals surface area contributed by atoms with Crippen LogP contribution < -0.4 is 5.56 Å². The highest BCUT2D eigenvalue weighted by Gasteiger charge is 2.30. The third-order valence-corrected chi connectivity index (χ3v) is 5.51. The molecule has 1 aliphatic rings. The fourth-order valence-corrected chi connectivity index (χ4v) is 3.82. The van der Waals surface area contributed by atoms with Crippen LogP contribution in [-0.2, 0) is 25.7 Å². The molecule has 0 radical (unpaired) electrons. The van der Waals surface area contributed by atoms with Crippen molar-refractivity contribution in [3.8, 4) is 11.4 Å². The number of nitro groups is 1. The van der Waals surface area contributed by atoms with Gasteiger partial charge in [0, 0.05) is 48.3 Å². The molecule has 11 heteroatoms. The molecule has 2 aromatic carbocycles. The van der Waals surface area contributed by atoms with E-state index in [0.717, 1.165) is 12.1 Å². The molecule has 2 heterocycles. The Morgan fingerprint density at radius 3 is 2.56 bits per heavy atom. The fourth-order valence-electron chi connectivity index (χ4n) is 3.65. The number of aromatic amines is 1. The summed E-state index contributed by atoms with van der Waals surface area (Å²) in [5.41, 5.74) is 0.585. The van der Waals surface area contributed by atoms with Crippen LogP contribution >= 0.6 is 11.6 Å². The molecule has 0 amide bonds. The van der Waals surface area contributed by atoms with Crippen molar-refractivity contribution >= 4 is 17.3 Å². The summed E-state index contributed by atoms with van der Waals surface area (Å²) in [6.07, 6.45) is -4.02. The summed E-state index contributed by atoms with van der Waals surface area (Å²) in [5.74, 6) is 0.198. The molecule has 4 rings (SSSR count). The van der Waals surface area contributed by atoms with Gasteiger partial charge in [0.05, 0.1) is 21.7 Å². The first-order valence-electron chi connectivity index (χ1n) is 9.56. The van der Waals surface area contributed by atoms with E-state index in [0.29, 0.717) is 35.3 Å². The molecular weight excluding hydrogens is 449 g/mol. The molecule has 1 aliphatic heterocycles. The quantitative estimate of drug-likeness (QED) is 0.451. The molecule has 1 aromatic heterocycles. The molecule has 0 aliphatic carbocycles. The van der Waals surface area contributed by atoms with E-state index in [1.54, 1.807) is 12.1 Å². The first-order valence-corrected chi connectivity index (χ1v) is 9.94. The van der Waals surface area contributed by atoms with Gasteiger partial charge in [0.2, 0.25) is 0 Å². The molecule has 32 heavy (non-hydrogen) atoms. The van der Waals surface area contributed by atoms with Gasteiger partial charge in [-0.3, -0.25) is 19.8 Å². The van der Waals surface area contributed by atoms with Crippen molar-refractivity contribution in [1.29, 1.82) is 0 Å². The molecule has 0 saturated heterocycles.